The Morgan fingerprint density at radius 1 is 1.39 bits per heavy atom. The smallest absolute Gasteiger partial charge is 0.111 e. The fourth-order valence-electron chi connectivity index (χ4n) is 2.08. The Morgan fingerprint density at radius 3 is 2.72 bits per heavy atom. The summed E-state index contributed by atoms with van der Waals surface area (Å²) in [6.45, 7) is 8.97. The van der Waals surface area contributed by atoms with Crippen molar-refractivity contribution in [2.24, 2.45) is 5.41 Å². The van der Waals surface area contributed by atoms with Gasteiger partial charge in [0.15, 0.2) is 0 Å². The van der Waals surface area contributed by atoms with Gasteiger partial charge in [0.05, 0.1) is 11.7 Å². The molecule has 98 valence electrons. The molecule has 0 aliphatic heterocycles. The highest BCUT2D eigenvalue weighted by atomic mass is 35.5. The van der Waals surface area contributed by atoms with Gasteiger partial charge in [0, 0.05) is 24.5 Å². The molecule has 0 spiro atoms. The van der Waals surface area contributed by atoms with Gasteiger partial charge in [-0.2, -0.15) is 0 Å². The Balaban J connectivity index is 2.61. The number of imidazole rings is 1. The highest BCUT2D eigenvalue weighted by molar-refractivity contribution is 6.17. The Hall–Kier alpha value is -1.09. The summed E-state index contributed by atoms with van der Waals surface area (Å²) in [5, 5.41) is 0. The van der Waals surface area contributed by atoms with Gasteiger partial charge in [-0.3, -0.25) is 4.98 Å². The lowest BCUT2D eigenvalue weighted by Gasteiger charge is -2.30. The van der Waals surface area contributed by atoms with Crippen LogP contribution in [0.3, 0.4) is 0 Å². The van der Waals surface area contributed by atoms with Gasteiger partial charge in [-0.15, -0.1) is 11.6 Å². The van der Waals surface area contributed by atoms with Crippen LogP contribution in [-0.4, -0.2) is 20.4 Å². The summed E-state index contributed by atoms with van der Waals surface area (Å²) in [6.07, 6.45) is 4.43. The van der Waals surface area contributed by atoms with Gasteiger partial charge in [-0.1, -0.05) is 20.8 Å². The van der Waals surface area contributed by atoms with Crippen LogP contribution in [0, 0.1) is 5.41 Å². The molecule has 2 heterocycles. The van der Waals surface area contributed by atoms with Crippen LogP contribution in [0.25, 0.3) is 11.0 Å². The van der Waals surface area contributed by atoms with E-state index >= 15 is 0 Å². The third-order valence-corrected chi connectivity index (χ3v) is 3.71. The quantitative estimate of drug-likeness (QED) is 0.790. The number of nitrogens with zero attached hydrogens (tertiary/aromatic N) is 3. The van der Waals surface area contributed by atoms with Gasteiger partial charge in [-0.25, -0.2) is 4.98 Å². The summed E-state index contributed by atoms with van der Waals surface area (Å²) in [7, 11) is 0. The van der Waals surface area contributed by atoms with Crippen LogP contribution in [0.1, 0.15) is 39.6 Å². The van der Waals surface area contributed by atoms with Gasteiger partial charge >= 0.3 is 0 Å². The number of pyridine rings is 1. The molecule has 0 saturated heterocycles. The van der Waals surface area contributed by atoms with Crippen molar-refractivity contribution in [1.29, 1.82) is 0 Å². The molecule has 1 unspecified atom stereocenters. The molecule has 18 heavy (non-hydrogen) atoms. The van der Waals surface area contributed by atoms with Crippen molar-refractivity contribution < 1.29 is 0 Å². The SMILES string of the molecule is CC(n1c(CCCl)nc2cnccc21)C(C)(C)C. The van der Waals surface area contributed by atoms with Gasteiger partial charge < -0.3 is 4.57 Å². The summed E-state index contributed by atoms with van der Waals surface area (Å²) in [5.74, 6) is 1.64. The van der Waals surface area contributed by atoms with Crippen LogP contribution in [0.5, 0.6) is 0 Å². The van der Waals surface area contributed by atoms with Crippen LogP contribution < -0.4 is 0 Å². The zero-order valence-corrected chi connectivity index (χ0v) is 12.2. The van der Waals surface area contributed by atoms with Crippen molar-refractivity contribution in [2.75, 3.05) is 5.88 Å². The minimum absolute atomic E-state index is 0.179. The van der Waals surface area contributed by atoms with E-state index in [1.54, 1.807) is 0 Å². The van der Waals surface area contributed by atoms with Gasteiger partial charge in [0.2, 0.25) is 0 Å². The van der Waals surface area contributed by atoms with Gasteiger partial charge in [-0.05, 0) is 18.4 Å². The first-order valence-corrected chi connectivity index (χ1v) is 6.85. The molecule has 0 fully saturated rings. The second-order valence-electron chi connectivity index (χ2n) is 5.74. The molecule has 1 atom stereocenters. The van der Waals surface area contributed by atoms with E-state index in [9.17, 15) is 0 Å². The first kappa shape index (κ1) is 13.3. The number of fused-ring (bicyclic) bond motifs is 1. The van der Waals surface area contributed by atoms with Crippen molar-refractivity contribution in [3.05, 3.63) is 24.3 Å². The molecule has 0 aliphatic carbocycles. The summed E-state index contributed by atoms with van der Waals surface area (Å²) in [4.78, 5) is 8.79. The number of aryl methyl sites for hydroxylation is 1. The number of aromatic nitrogens is 3. The summed E-state index contributed by atoms with van der Waals surface area (Å²) < 4.78 is 2.30. The lowest BCUT2D eigenvalue weighted by molar-refractivity contribution is 0.263. The number of alkyl halides is 1. The summed E-state index contributed by atoms with van der Waals surface area (Å²) >= 11 is 5.89. The van der Waals surface area contributed by atoms with E-state index < -0.39 is 0 Å². The van der Waals surface area contributed by atoms with Crippen LogP contribution >= 0.6 is 11.6 Å². The molecule has 4 heteroatoms. The average Bonchev–Trinajstić information content (AvgIpc) is 2.65. The minimum atomic E-state index is 0.179. The van der Waals surface area contributed by atoms with E-state index in [1.165, 1.54) is 0 Å². The molecule has 3 nitrogen and oxygen atoms in total. The predicted octanol–water partition coefficient (Wildman–Crippen LogP) is 3.82. The second kappa shape index (κ2) is 4.88. The molecule has 0 aliphatic rings. The van der Waals surface area contributed by atoms with Gasteiger partial charge in [0.1, 0.15) is 11.3 Å². The zero-order chi connectivity index (χ0) is 13.3. The topological polar surface area (TPSA) is 30.7 Å². The predicted molar refractivity (Wildman–Crippen MR) is 76.1 cm³/mol. The highest BCUT2D eigenvalue weighted by Gasteiger charge is 2.25. The molecule has 0 N–H and O–H groups in total. The second-order valence-corrected chi connectivity index (χ2v) is 6.12. The number of hydrogen-bond donors (Lipinski definition) is 0. The van der Waals surface area contributed by atoms with Crippen molar-refractivity contribution in [3.8, 4) is 0 Å². The normalized spacial score (nSPS) is 14.1. The molecule has 2 rings (SSSR count). The first-order valence-electron chi connectivity index (χ1n) is 6.32. The molecular formula is C14H20ClN3. The Morgan fingerprint density at radius 2 is 2.11 bits per heavy atom. The maximum absolute atomic E-state index is 5.89. The van der Waals surface area contributed by atoms with Crippen LogP contribution in [0.4, 0.5) is 0 Å². The number of rotatable bonds is 3. The molecule has 0 saturated carbocycles. The average molecular weight is 266 g/mol. The van der Waals surface area contributed by atoms with Crippen LogP contribution in [0.15, 0.2) is 18.5 Å². The van der Waals surface area contributed by atoms with Crippen molar-refractivity contribution in [2.45, 2.75) is 40.2 Å². The van der Waals surface area contributed by atoms with E-state index in [0.717, 1.165) is 23.3 Å². The Kier molecular flexibility index (Phi) is 3.62. The van der Waals surface area contributed by atoms with Crippen LogP contribution in [-0.2, 0) is 6.42 Å². The summed E-state index contributed by atoms with van der Waals surface area (Å²) in [5.41, 5.74) is 2.28. The minimum Gasteiger partial charge on any atom is -0.324 e. The van der Waals surface area contributed by atoms with E-state index in [0.29, 0.717) is 11.9 Å². The van der Waals surface area contributed by atoms with E-state index in [4.69, 9.17) is 11.6 Å². The van der Waals surface area contributed by atoms with E-state index in [2.05, 4.69) is 42.2 Å². The largest absolute Gasteiger partial charge is 0.324 e. The van der Waals surface area contributed by atoms with Gasteiger partial charge in [0.25, 0.3) is 0 Å². The maximum Gasteiger partial charge on any atom is 0.111 e. The summed E-state index contributed by atoms with van der Waals surface area (Å²) in [6, 6.07) is 2.39. The fourth-order valence-corrected chi connectivity index (χ4v) is 2.25. The molecular weight excluding hydrogens is 246 g/mol. The zero-order valence-electron chi connectivity index (χ0n) is 11.4. The lowest BCUT2D eigenvalue weighted by Crippen LogP contribution is -2.23. The number of halogens is 1. The molecule has 0 aromatic carbocycles. The standard InChI is InChI=1S/C14H20ClN3/c1-10(14(2,3)4)18-12-6-8-16-9-11(12)17-13(18)5-7-15/h6,8-10H,5,7H2,1-4H3. The number of hydrogen-bond acceptors (Lipinski definition) is 2. The fraction of sp³-hybridized carbons (Fsp3) is 0.571. The molecule has 2 aromatic heterocycles. The molecule has 0 bridgehead atoms. The highest BCUT2D eigenvalue weighted by Crippen LogP contribution is 2.33. The Labute approximate surface area is 113 Å². The molecule has 0 radical (unpaired) electrons. The Bertz CT molecular complexity index is 539. The maximum atomic E-state index is 5.89. The van der Waals surface area contributed by atoms with Crippen molar-refractivity contribution in [3.63, 3.8) is 0 Å². The molecule has 2 aromatic rings. The van der Waals surface area contributed by atoms with Crippen molar-refractivity contribution >= 4 is 22.6 Å². The lowest BCUT2D eigenvalue weighted by atomic mass is 9.87. The van der Waals surface area contributed by atoms with E-state index in [-0.39, 0.29) is 5.41 Å². The monoisotopic (exact) mass is 265 g/mol. The van der Waals surface area contributed by atoms with Crippen LogP contribution in [0.2, 0.25) is 0 Å². The molecule has 0 amide bonds. The third kappa shape index (κ3) is 2.37. The third-order valence-electron chi connectivity index (χ3n) is 3.52. The van der Waals surface area contributed by atoms with Crippen molar-refractivity contribution in [1.82, 2.24) is 14.5 Å². The first-order chi connectivity index (χ1) is 8.45. The van der Waals surface area contributed by atoms with E-state index in [1.807, 2.05) is 18.5 Å².